The van der Waals surface area contributed by atoms with Crippen LogP contribution in [0.2, 0.25) is 0 Å². The van der Waals surface area contributed by atoms with Gasteiger partial charge in [-0.3, -0.25) is 4.79 Å². The first kappa shape index (κ1) is 13.1. The standard InChI is InChI=1S/C17H28N2O/c1-18-4-6-19(7-5-18)16(20)17-10-13-2-3-14(11-17)9-15(8-13)12-17/h13-15H,2-12H2,1H3/t13-,14-,15?,17?/m1/s1. The highest BCUT2D eigenvalue weighted by molar-refractivity contribution is 5.83. The second-order valence-corrected chi connectivity index (χ2v) is 8.14. The topological polar surface area (TPSA) is 23.6 Å². The van der Waals surface area contributed by atoms with Gasteiger partial charge >= 0.3 is 0 Å². The van der Waals surface area contributed by atoms with Crippen LogP contribution in [0.5, 0.6) is 0 Å². The maximum absolute atomic E-state index is 13.2. The van der Waals surface area contributed by atoms with E-state index in [1.807, 2.05) is 0 Å². The molecule has 2 atom stereocenters. The number of fused-ring (bicyclic) bond motifs is 1. The lowest BCUT2D eigenvalue weighted by Gasteiger charge is -2.49. The number of nitrogens with zero attached hydrogens (tertiary/aromatic N) is 2. The molecule has 1 saturated heterocycles. The summed E-state index contributed by atoms with van der Waals surface area (Å²) in [5, 5.41) is 0. The molecule has 0 aromatic heterocycles. The first-order chi connectivity index (χ1) is 9.64. The van der Waals surface area contributed by atoms with Crippen LogP contribution in [-0.2, 0) is 4.79 Å². The van der Waals surface area contributed by atoms with Gasteiger partial charge in [0.1, 0.15) is 0 Å². The fourth-order valence-corrected chi connectivity index (χ4v) is 5.80. The molecule has 112 valence electrons. The Kier molecular flexibility index (Phi) is 3.10. The van der Waals surface area contributed by atoms with E-state index in [1.165, 1.54) is 44.9 Å². The lowest BCUT2D eigenvalue weighted by Crippen LogP contribution is -2.55. The van der Waals surface area contributed by atoms with Crippen molar-refractivity contribution >= 4 is 5.91 Å². The second kappa shape index (κ2) is 4.72. The molecule has 0 aromatic carbocycles. The summed E-state index contributed by atoms with van der Waals surface area (Å²) in [5.74, 6) is 3.12. The lowest BCUT2D eigenvalue weighted by atomic mass is 9.58. The zero-order valence-electron chi connectivity index (χ0n) is 12.8. The third-order valence-electron chi connectivity index (χ3n) is 6.60. The maximum Gasteiger partial charge on any atom is 0.228 e. The van der Waals surface area contributed by atoms with Crippen molar-refractivity contribution in [1.29, 1.82) is 0 Å². The Morgan fingerprint density at radius 1 is 0.900 bits per heavy atom. The second-order valence-electron chi connectivity index (χ2n) is 8.14. The van der Waals surface area contributed by atoms with E-state index >= 15 is 0 Å². The first-order valence-corrected chi connectivity index (χ1v) is 8.62. The van der Waals surface area contributed by atoms with Crippen molar-refractivity contribution in [3.63, 3.8) is 0 Å². The summed E-state index contributed by atoms with van der Waals surface area (Å²) in [5.41, 5.74) is 0.0584. The number of amides is 1. The predicted octanol–water partition coefficient (Wildman–Crippen LogP) is 2.37. The van der Waals surface area contributed by atoms with Crippen molar-refractivity contribution in [3.05, 3.63) is 0 Å². The van der Waals surface area contributed by atoms with E-state index in [2.05, 4.69) is 16.8 Å². The summed E-state index contributed by atoms with van der Waals surface area (Å²) in [6.07, 6.45) is 9.29. The smallest absolute Gasteiger partial charge is 0.228 e. The van der Waals surface area contributed by atoms with Gasteiger partial charge in [0.2, 0.25) is 5.91 Å². The van der Waals surface area contributed by atoms with Crippen molar-refractivity contribution in [2.75, 3.05) is 33.2 Å². The van der Waals surface area contributed by atoms with E-state index in [0.717, 1.165) is 43.9 Å². The molecule has 0 aromatic rings. The van der Waals surface area contributed by atoms with E-state index in [0.29, 0.717) is 5.91 Å². The first-order valence-electron chi connectivity index (χ1n) is 8.62. The number of hydrogen-bond donors (Lipinski definition) is 0. The van der Waals surface area contributed by atoms with Crippen molar-refractivity contribution < 1.29 is 4.79 Å². The summed E-state index contributed by atoms with van der Waals surface area (Å²) in [6, 6.07) is 0. The third kappa shape index (κ3) is 2.09. The summed E-state index contributed by atoms with van der Waals surface area (Å²) in [7, 11) is 2.16. The Hall–Kier alpha value is -0.570. The molecule has 4 saturated carbocycles. The van der Waals surface area contributed by atoms with Crippen molar-refractivity contribution in [2.24, 2.45) is 23.2 Å². The molecule has 0 unspecified atom stereocenters. The molecule has 5 rings (SSSR count). The molecule has 1 amide bonds. The molecule has 5 aliphatic rings. The minimum absolute atomic E-state index is 0.0584. The molecule has 4 bridgehead atoms. The molecule has 0 spiro atoms. The highest BCUT2D eigenvalue weighted by Gasteiger charge is 2.53. The summed E-state index contributed by atoms with van der Waals surface area (Å²) in [4.78, 5) is 17.8. The molecule has 0 radical (unpaired) electrons. The molecule has 3 heteroatoms. The monoisotopic (exact) mass is 276 g/mol. The SMILES string of the molecule is CN1CCN(C(=O)C23CC4C[C@@H](CC[C@H](C4)C2)C3)CC1. The number of hydrogen-bond acceptors (Lipinski definition) is 2. The number of piperazine rings is 1. The predicted molar refractivity (Wildman–Crippen MR) is 79.3 cm³/mol. The quantitative estimate of drug-likeness (QED) is 0.734. The van der Waals surface area contributed by atoms with Gasteiger partial charge in [0.25, 0.3) is 0 Å². The van der Waals surface area contributed by atoms with Gasteiger partial charge in [0.15, 0.2) is 0 Å². The van der Waals surface area contributed by atoms with Crippen LogP contribution in [0.25, 0.3) is 0 Å². The van der Waals surface area contributed by atoms with Gasteiger partial charge in [-0.05, 0) is 56.9 Å². The lowest BCUT2D eigenvalue weighted by molar-refractivity contribution is -0.151. The number of carbonyl (C=O) groups excluding carboxylic acids is 1. The Bertz CT molecular complexity index is 384. The van der Waals surface area contributed by atoms with Crippen molar-refractivity contribution in [1.82, 2.24) is 9.80 Å². The Balaban J connectivity index is 1.56. The van der Waals surface area contributed by atoms with Crippen molar-refractivity contribution in [3.8, 4) is 0 Å². The minimum Gasteiger partial charge on any atom is -0.340 e. The third-order valence-corrected chi connectivity index (χ3v) is 6.60. The van der Waals surface area contributed by atoms with E-state index in [9.17, 15) is 4.79 Å². The normalized spacial score (nSPS) is 44.6. The van der Waals surface area contributed by atoms with Crippen LogP contribution in [0, 0.1) is 23.2 Å². The zero-order chi connectivity index (χ0) is 13.7. The number of rotatable bonds is 1. The largest absolute Gasteiger partial charge is 0.340 e. The Morgan fingerprint density at radius 2 is 1.45 bits per heavy atom. The van der Waals surface area contributed by atoms with Gasteiger partial charge in [-0.2, -0.15) is 0 Å². The molecule has 1 aliphatic heterocycles. The average molecular weight is 276 g/mol. The molecule has 3 nitrogen and oxygen atoms in total. The van der Waals surface area contributed by atoms with Gasteiger partial charge in [-0.1, -0.05) is 12.8 Å². The summed E-state index contributed by atoms with van der Waals surface area (Å²) in [6.45, 7) is 4.02. The van der Waals surface area contributed by atoms with Crippen LogP contribution in [0.1, 0.15) is 44.9 Å². The van der Waals surface area contributed by atoms with Crippen LogP contribution in [0.4, 0.5) is 0 Å². The zero-order valence-corrected chi connectivity index (χ0v) is 12.8. The summed E-state index contributed by atoms with van der Waals surface area (Å²) < 4.78 is 0. The molecular formula is C17H28N2O. The van der Waals surface area contributed by atoms with Crippen LogP contribution in [0.3, 0.4) is 0 Å². The van der Waals surface area contributed by atoms with E-state index in [1.54, 1.807) is 0 Å². The number of likely N-dealkylation sites (N-methyl/N-ethyl adjacent to an activating group) is 1. The van der Waals surface area contributed by atoms with E-state index in [4.69, 9.17) is 0 Å². The van der Waals surface area contributed by atoms with Crippen LogP contribution < -0.4 is 0 Å². The van der Waals surface area contributed by atoms with E-state index < -0.39 is 0 Å². The van der Waals surface area contributed by atoms with Crippen molar-refractivity contribution in [2.45, 2.75) is 44.9 Å². The molecule has 20 heavy (non-hydrogen) atoms. The molecule has 1 heterocycles. The van der Waals surface area contributed by atoms with Gasteiger partial charge in [-0.25, -0.2) is 0 Å². The fraction of sp³-hybridized carbons (Fsp3) is 0.941. The fourth-order valence-electron chi connectivity index (χ4n) is 5.80. The van der Waals surface area contributed by atoms with Gasteiger partial charge in [0, 0.05) is 26.2 Å². The van der Waals surface area contributed by atoms with Crippen LogP contribution in [-0.4, -0.2) is 48.9 Å². The van der Waals surface area contributed by atoms with Gasteiger partial charge in [-0.15, -0.1) is 0 Å². The summed E-state index contributed by atoms with van der Waals surface area (Å²) >= 11 is 0. The molecule has 4 aliphatic carbocycles. The van der Waals surface area contributed by atoms with E-state index in [-0.39, 0.29) is 5.41 Å². The highest BCUT2D eigenvalue weighted by atomic mass is 16.2. The highest BCUT2D eigenvalue weighted by Crippen LogP contribution is 2.58. The Labute approximate surface area is 122 Å². The number of carbonyl (C=O) groups is 1. The van der Waals surface area contributed by atoms with Crippen LogP contribution in [0.15, 0.2) is 0 Å². The maximum atomic E-state index is 13.2. The van der Waals surface area contributed by atoms with Gasteiger partial charge < -0.3 is 9.80 Å². The molecule has 0 N–H and O–H groups in total. The molecular weight excluding hydrogens is 248 g/mol. The van der Waals surface area contributed by atoms with Crippen LogP contribution >= 0.6 is 0 Å². The Morgan fingerprint density at radius 3 is 2.05 bits per heavy atom. The average Bonchev–Trinajstić information content (AvgIpc) is 2.65. The minimum atomic E-state index is 0.0584. The molecule has 5 fully saturated rings. The van der Waals surface area contributed by atoms with Gasteiger partial charge in [0.05, 0.1) is 5.41 Å².